The summed E-state index contributed by atoms with van der Waals surface area (Å²) < 4.78 is 0. The lowest BCUT2D eigenvalue weighted by Crippen LogP contribution is -2.52. The van der Waals surface area contributed by atoms with Crippen LogP contribution in [0.1, 0.15) is 31.2 Å². The van der Waals surface area contributed by atoms with E-state index in [1.54, 1.807) is 41.6 Å². The second kappa shape index (κ2) is 12.0. The van der Waals surface area contributed by atoms with Crippen LogP contribution in [0.25, 0.3) is 22.5 Å². The van der Waals surface area contributed by atoms with E-state index in [0.29, 0.717) is 29.7 Å². The molecule has 0 unspecified atom stereocenters. The fraction of sp³-hybridized carbons (Fsp3) is 0.310. The topological polar surface area (TPSA) is 183 Å². The van der Waals surface area contributed by atoms with E-state index in [-0.39, 0.29) is 18.2 Å². The Hall–Kier alpha value is -4.64. The molecule has 1 fully saturated rings. The fourth-order valence-electron chi connectivity index (χ4n) is 5.35. The third kappa shape index (κ3) is 5.99. The second-order valence-electron chi connectivity index (χ2n) is 10.3. The van der Waals surface area contributed by atoms with E-state index in [9.17, 15) is 9.59 Å². The van der Waals surface area contributed by atoms with Crippen LogP contribution >= 0.6 is 0 Å². The van der Waals surface area contributed by atoms with Crippen molar-refractivity contribution in [3.63, 3.8) is 0 Å². The van der Waals surface area contributed by atoms with Crippen LogP contribution in [0, 0.1) is 11.8 Å². The smallest absolute Gasteiger partial charge is 0.240 e. The Kier molecular flexibility index (Phi) is 8.11. The largest absolute Gasteiger partial charge is 0.397 e. The lowest BCUT2D eigenvalue weighted by molar-refractivity contribution is -0.127. The number of aromatic nitrogens is 5. The van der Waals surface area contributed by atoms with Crippen LogP contribution in [0.2, 0.25) is 0 Å². The number of nitrogens with one attached hydrogen (secondary N) is 1. The lowest BCUT2D eigenvalue weighted by Gasteiger charge is -2.35. The van der Waals surface area contributed by atoms with Crippen LogP contribution < -0.4 is 22.1 Å². The molecule has 2 aromatic heterocycles. The number of nitrogen functional groups attached to an aromatic ring is 1. The fourth-order valence-corrected chi connectivity index (χ4v) is 5.35. The number of tetrazole rings is 1. The van der Waals surface area contributed by atoms with Crippen molar-refractivity contribution in [3.8, 4) is 22.5 Å². The van der Waals surface area contributed by atoms with E-state index in [0.717, 1.165) is 47.9 Å². The van der Waals surface area contributed by atoms with Crippen LogP contribution in [0.4, 0.5) is 11.4 Å². The van der Waals surface area contributed by atoms with Gasteiger partial charge in [0.2, 0.25) is 17.6 Å². The van der Waals surface area contributed by atoms with Crippen molar-refractivity contribution >= 4 is 23.2 Å². The summed E-state index contributed by atoms with van der Waals surface area (Å²) in [5.74, 6) is -0.0249. The van der Waals surface area contributed by atoms with E-state index in [4.69, 9.17) is 17.2 Å². The van der Waals surface area contributed by atoms with Gasteiger partial charge in [-0.05, 0) is 84.8 Å². The molecule has 11 heteroatoms. The van der Waals surface area contributed by atoms with Crippen molar-refractivity contribution in [3.05, 3.63) is 72.6 Å². The second-order valence-corrected chi connectivity index (χ2v) is 10.3. The van der Waals surface area contributed by atoms with E-state index in [1.807, 2.05) is 30.3 Å². The van der Waals surface area contributed by atoms with E-state index in [2.05, 4.69) is 25.6 Å². The molecule has 2 amide bonds. The van der Waals surface area contributed by atoms with Crippen LogP contribution in [0.5, 0.6) is 0 Å². The number of primary amides is 1. The monoisotopic (exact) mass is 539 g/mol. The number of rotatable bonds is 9. The zero-order valence-corrected chi connectivity index (χ0v) is 22.1. The quantitative estimate of drug-likeness (QED) is 0.250. The summed E-state index contributed by atoms with van der Waals surface area (Å²) in [5, 5.41) is 14.1. The number of benzene rings is 2. The minimum atomic E-state index is -0.879. The van der Waals surface area contributed by atoms with Gasteiger partial charge in [-0.3, -0.25) is 19.5 Å². The van der Waals surface area contributed by atoms with E-state index < -0.39 is 11.9 Å². The first-order chi connectivity index (χ1) is 19.4. The standard InChI is InChI=1S/C29H33N9O2/c30-15-19-3-7-22(8-4-19)29(40)38(25-11-9-21(10-12-25)28-34-36-37-35-28)26(27(32)39)13-18-1-5-20(6-2-18)23-14-24(31)17-33-16-23/h1-2,5-6,9-12,14,16-17,19,22,26H,3-4,7-8,13,15,30-31H2,(H2,32,39)(H,34,35,36,37)/t19?,22?,26-/m0/s1. The molecule has 0 radical (unpaired) electrons. The van der Waals surface area contributed by atoms with Gasteiger partial charge in [0.15, 0.2) is 0 Å². The molecule has 5 rings (SSSR count). The first kappa shape index (κ1) is 26.9. The van der Waals surface area contributed by atoms with Crippen LogP contribution in [-0.2, 0) is 16.0 Å². The highest BCUT2D eigenvalue weighted by Crippen LogP contribution is 2.33. The first-order valence-electron chi connectivity index (χ1n) is 13.4. The summed E-state index contributed by atoms with van der Waals surface area (Å²) >= 11 is 0. The summed E-state index contributed by atoms with van der Waals surface area (Å²) in [5.41, 5.74) is 22.3. The zero-order valence-electron chi connectivity index (χ0n) is 22.1. The van der Waals surface area contributed by atoms with Gasteiger partial charge in [0.1, 0.15) is 6.04 Å². The summed E-state index contributed by atoms with van der Waals surface area (Å²) in [6.07, 6.45) is 6.84. The molecule has 7 N–H and O–H groups in total. The highest BCUT2D eigenvalue weighted by Gasteiger charge is 2.36. The molecule has 2 aromatic carbocycles. The molecule has 1 aliphatic rings. The zero-order chi connectivity index (χ0) is 28.1. The number of nitrogens with two attached hydrogens (primary N) is 3. The Morgan fingerprint density at radius 3 is 2.25 bits per heavy atom. The van der Waals surface area contributed by atoms with Gasteiger partial charge in [0, 0.05) is 41.5 Å². The summed E-state index contributed by atoms with van der Waals surface area (Å²) in [7, 11) is 0. The normalized spacial score (nSPS) is 17.7. The lowest BCUT2D eigenvalue weighted by atomic mass is 9.81. The molecule has 1 aliphatic carbocycles. The number of amides is 2. The maximum absolute atomic E-state index is 14.0. The number of carbonyl (C=O) groups is 2. The van der Waals surface area contributed by atoms with Gasteiger partial charge in [0.25, 0.3) is 0 Å². The molecular formula is C29H33N9O2. The van der Waals surface area contributed by atoms with E-state index in [1.165, 1.54) is 0 Å². The van der Waals surface area contributed by atoms with Crippen molar-refractivity contribution in [2.45, 2.75) is 38.1 Å². The van der Waals surface area contributed by atoms with Gasteiger partial charge in [-0.25, -0.2) is 0 Å². The number of hydrogen-bond donors (Lipinski definition) is 4. The van der Waals surface area contributed by atoms with Crippen molar-refractivity contribution in [1.29, 1.82) is 0 Å². The number of aromatic amines is 1. The molecule has 0 spiro atoms. The average Bonchev–Trinajstić information content (AvgIpc) is 3.53. The highest BCUT2D eigenvalue weighted by molar-refractivity contribution is 6.01. The van der Waals surface area contributed by atoms with Crippen LogP contribution in [-0.4, -0.2) is 50.0 Å². The van der Waals surface area contributed by atoms with Crippen molar-refractivity contribution in [2.75, 3.05) is 17.2 Å². The number of pyridine rings is 1. The molecule has 40 heavy (non-hydrogen) atoms. The number of hydrogen-bond acceptors (Lipinski definition) is 8. The Labute approximate surface area is 232 Å². The third-order valence-electron chi connectivity index (χ3n) is 7.63. The summed E-state index contributed by atoms with van der Waals surface area (Å²) in [6, 6.07) is 15.9. The van der Waals surface area contributed by atoms with Crippen molar-refractivity contribution < 1.29 is 9.59 Å². The summed E-state index contributed by atoms with van der Waals surface area (Å²) in [6.45, 7) is 0.619. The molecule has 11 nitrogen and oxygen atoms in total. The Bertz CT molecular complexity index is 1430. The third-order valence-corrected chi connectivity index (χ3v) is 7.63. The highest BCUT2D eigenvalue weighted by atomic mass is 16.2. The average molecular weight is 540 g/mol. The molecule has 4 aromatic rings. The molecule has 0 aliphatic heterocycles. The number of anilines is 2. The van der Waals surface area contributed by atoms with Crippen molar-refractivity contribution in [1.82, 2.24) is 25.6 Å². The summed E-state index contributed by atoms with van der Waals surface area (Å²) in [4.78, 5) is 32.7. The molecule has 206 valence electrons. The predicted molar refractivity (Wildman–Crippen MR) is 152 cm³/mol. The molecule has 0 bridgehead atoms. The first-order valence-corrected chi connectivity index (χ1v) is 13.4. The Morgan fingerprint density at radius 2 is 1.65 bits per heavy atom. The van der Waals surface area contributed by atoms with Gasteiger partial charge in [-0.15, -0.1) is 10.2 Å². The Morgan fingerprint density at radius 1 is 0.950 bits per heavy atom. The van der Waals surface area contributed by atoms with Gasteiger partial charge >= 0.3 is 0 Å². The van der Waals surface area contributed by atoms with Gasteiger partial charge < -0.3 is 17.2 Å². The molecule has 0 saturated heterocycles. The van der Waals surface area contributed by atoms with Gasteiger partial charge in [-0.1, -0.05) is 24.3 Å². The minimum absolute atomic E-state index is 0.103. The van der Waals surface area contributed by atoms with Crippen LogP contribution in [0.15, 0.2) is 67.0 Å². The van der Waals surface area contributed by atoms with E-state index >= 15 is 0 Å². The van der Waals surface area contributed by atoms with Gasteiger partial charge in [0.05, 0.1) is 5.69 Å². The molecule has 2 heterocycles. The number of H-pyrrole nitrogens is 1. The number of nitrogens with zero attached hydrogens (tertiary/aromatic N) is 5. The van der Waals surface area contributed by atoms with Gasteiger partial charge in [-0.2, -0.15) is 5.21 Å². The molecular weight excluding hydrogens is 506 g/mol. The van der Waals surface area contributed by atoms with Crippen LogP contribution in [0.3, 0.4) is 0 Å². The van der Waals surface area contributed by atoms with Crippen molar-refractivity contribution in [2.24, 2.45) is 23.3 Å². The minimum Gasteiger partial charge on any atom is -0.397 e. The number of carbonyl (C=O) groups excluding carboxylic acids is 2. The Balaban J connectivity index is 1.44. The maximum atomic E-state index is 14.0. The predicted octanol–water partition coefficient (Wildman–Crippen LogP) is 2.71. The molecule has 1 saturated carbocycles. The SMILES string of the molecule is NCC1CCC(C(=O)N(c2ccc(-c3nn[nH]n3)cc2)[C@@H](Cc2ccc(-c3cncc(N)c3)cc2)C(N)=O)CC1. The maximum Gasteiger partial charge on any atom is 0.240 e. The molecule has 1 atom stereocenters.